The summed E-state index contributed by atoms with van der Waals surface area (Å²) in [6.07, 6.45) is 0.825. The highest BCUT2D eigenvalue weighted by molar-refractivity contribution is 5.95. The van der Waals surface area contributed by atoms with E-state index in [0.717, 1.165) is 17.7 Å². The molecule has 0 radical (unpaired) electrons. The van der Waals surface area contributed by atoms with Gasteiger partial charge in [0.1, 0.15) is 11.6 Å². The summed E-state index contributed by atoms with van der Waals surface area (Å²) in [5.74, 6) is -0.341. The summed E-state index contributed by atoms with van der Waals surface area (Å²) >= 11 is 0. The highest BCUT2D eigenvalue weighted by Crippen LogP contribution is 2.25. The zero-order valence-corrected chi connectivity index (χ0v) is 12.3. The molecule has 1 heterocycles. The summed E-state index contributed by atoms with van der Waals surface area (Å²) < 4.78 is 18.2. The Morgan fingerprint density at radius 3 is 2.65 bits per heavy atom. The first-order chi connectivity index (χ1) is 11.1. The number of fused-ring (bicyclic) bond motifs is 1. The molecular formula is C17H15FN2O3. The van der Waals surface area contributed by atoms with Crippen LogP contribution in [0.1, 0.15) is 21.5 Å². The number of carbonyl (C=O) groups excluding carboxylic acids is 2. The smallest absolute Gasteiger partial charge is 0.269 e. The lowest BCUT2D eigenvalue weighted by Crippen LogP contribution is -2.42. The Morgan fingerprint density at radius 1 is 1.09 bits per heavy atom. The minimum atomic E-state index is -0.396. The Bertz CT molecular complexity index is 744. The molecule has 0 spiro atoms. The van der Waals surface area contributed by atoms with E-state index in [9.17, 15) is 14.0 Å². The molecule has 118 valence electrons. The topological polar surface area (TPSA) is 67.4 Å². The SMILES string of the molecule is O=C(Cc1ccc(F)cc1)NNC(=O)c1ccc2c(c1)CCO2. The van der Waals surface area contributed by atoms with Crippen LogP contribution in [0.3, 0.4) is 0 Å². The molecule has 0 aliphatic carbocycles. The molecule has 0 saturated heterocycles. The Labute approximate surface area is 132 Å². The average molecular weight is 314 g/mol. The van der Waals surface area contributed by atoms with Crippen LogP contribution in [0.5, 0.6) is 5.75 Å². The summed E-state index contributed by atoms with van der Waals surface area (Å²) in [6, 6.07) is 10.8. The molecule has 0 fully saturated rings. The van der Waals surface area contributed by atoms with Gasteiger partial charge in [0.15, 0.2) is 0 Å². The van der Waals surface area contributed by atoms with Crippen molar-refractivity contribution in [2.45, 2.75) is 12.8 Å². The molecule has 0 saturated carbocycles. The summed E-state index contributed by atoms with van der Waals surface area (Å²) in [5, 5.41) is 0. The first-order valence-corrected chi connectivity index (χ1v) is 7.21. The maximum Gasteiger partial charge on any atom is 0.269 e. The van der Waals surface area contributed by atoms with E-state index in [1.54, 1.807) is 18.2 Å². The normalized spacial score (nSPS) is 12.2. The molecule has 0 aromatic heterocycles. The van der Waals surface area contributed by atoms with Crippen LogP contribution in [0.2, 0.25) is 0 Å². The summed E-state index contributed by atoms with van der Waals surface area (Å²) in [4.78, 5) is 23.8. The third-order valence-electron chi connectivity index (χ3n) is 3.55. The van der Waals surface area contributed by atoms with Crippen molar-refractivity contribution in [3.63, 3.8) is 0 Å². The fraction of sp³-hybridized carbons (Fsp3) is 0.176. The van der Waals surface area contributed by atoms with Crippen molar-refractivity contribution in [3.8, 4) is 5.75 Å². The van der Waals surface area contributed by atoms with Crippen molar-refractivity contribution >= 4 is 11.8 Å². The van der Waals surface area contributed by atoms with Gasteiger partial charge in [-0.2, -0.15) is 0 Å². The van der Waals surface area contributed by atoms with Crippen LogP contribution in [-0.2, 0) is 17.6 Å². The molecule has 2 aromatic carbocycles. The van der Waals surface area contributed by atoms with Gasteiger partial charge in [0.05, 0.1) is 13.0 Å². The molecule has 2 aromatic rings. The maximum atomic E-state index is 12.8. The largest absolute Gasteiger partial charge is 0.493 e. The number of nitrogens with one attached hydrogen (secondary N) is 2. The van der Waals surface area contributed by atoms with Gasteiger partial charge < -0.3 is 4.74 Å². The molecule has 3 rings (SSSR count). The number of amides is 2. The van der Waals surface area contributed by atoms with Crippen LogP contribution in [0.25, 0.3) is 0 Å². The van der Waals surface area contributed by atoms with Crippen molar-refractivity contribution in [2.75, 3.05) is 6.61 Å². The number of ether oxygens (including phenoxy) is 1. The molecule has 1 aliphatic rings. The molecule has 6 heteroatoms. The molecule has 0 bridgehead atoms. The summed E-state index contributed by atoms with van der Waals surface area (Å²) in [5.41, 5.74) is 6.81. The van der Waals surface area contributed by atoms with E-state index in [2.05, 4.69) is 10.9 Å². The van der Waals surface area contributed by atoms with Gasteiger partial charge in [-0.3, -0.25) is 20.4 Å². The molecule has 23 heavy (non-hydrogen) atoms. The van der Waals surface area contributed by atoms with Crippen molar-refractivity contribution in [2.24, 2.45) is 0 Å². The third kappa shape index (κ3) is 3.66. The number of halogens is 1. The second kappa shape index (κ2) is 6.48. The number of hydrogen-bond acceptors (Lipinski definition) is 3. The van der Waals surface area contributed by atoms with Gasteiger partial charge in [-0.1, -0.05) is 12.1 Å². The quantitative estimate of drug-likeness (QED) is 0.849. The van der Waals surface area contributed by atoms with Crippen LogP contribution < -0.4 is 15.6 Å². The van der Waals surface area contributed by atoms with Crippen LogP contribution in [0, 0.1) is 5.82 Å². The van der Waals surface area contributed by atoms with E-state index in [4.69, 9.17) is 4.74 Å². The first-order valence-electron chi connectivity index (χ1n) is 7.21. The minimum absolute atomic E-state index is 0.0542. The molecular weight excluding hydrogens is 299 g/mol. The lowest BCUT2D eigenvalue weighted by molar-refractivity contribution is -0.121. The van der Waals surface area contributed by atoms with Crippen molar-refractivity contribution in [1.29, 1.82) is 0 Å². The van der Waals surface area contributed by atoms with Crippen molar-refractivity contribution in [1.82, 2.24) is 10.9 Å². The fourth-order valence-corrected chi connectivity index (χ4v) is 2.36. The van der Waals surface area contributed by atoms with E-state index >= 15 is 0 Å². The van der Waals surface area contributed by atoms with E-state index in [1.165, 1.54) is 24.3 Å². The number of hydrogen-bond donors (Lipinski definition) is 2. The molecule has 5 nitrogen and oxygen atoms in total. The predicted molar refractivity (Wildman–Crippen MR) is 81.4 cm³/mol. The molecule has 1 aliphatic heterocycles. The summed E-state index contributed by atoms with van der Waals surface area (Å²) in [7, 11) is 0. The Balaban J connectivity index is 1.54. The zero-order valence-electron chi connectivity index (χ0n) is 12.3. The first kappa shape index (κ1) is 15.0. The minimum Gasteiger partial charge on any atom is -0.493 e. The number of hydrazine groups is 1. The maximum absolute atomic E-state index is 12.8. The fourth-order valence-electron chi connectivity index (χ4n) is 2.36. The average Bonchev–Trinajstić information content (AvgIpc) is 3.02. The van der Waals surface area contributed by atoms with Crippen LogP contribution in [-0.4, -0.2) is 18.4 Å². The second-order valence-electron chi connectivity index (χ2n) is 5.23. The highest BCUT2D eigenvalue weighted by atomic mass is 19.1. The third-order valence-corrected chi connectivity index (χ3v) is 3.55. The van der Waals surface area contributed by atoms with Gasteiger partial charge in [0.25, 0.3) is 5.91 Å². The Kier molecular flexibility index (Phi) is 4.23. The van der Waals surface area contributed by atoms with Gasteiger partial charge in [-0.15, -0.1) is 0 Å². The van der Waals surface area contributed by atoms with Crippen LogP contribution >= 0.6 is 0 Å². The van der Waals surface area contributed by atoms with Crippen molar-refractivity contribution < 1.29 is 18.7 Å². The van der Waals surface area contributed by atoms with E-state index in [1.807, 2.05) is 0 Å². The van der Waals surface area contributed by atoms with Gasteiger partial charge >= 0.3 is 0 Å². The number of benzene rings is 2. The van der Waals surface area contributed by atoms with Gasteiger partial charge in [0.2, 0.25) is 5.91 Å². The van der Waals surface area contributed by atoms with Crippen molar-refractivity contribution in [3.05, 3.63) is 65.0 Å². The zero-order chi connectivity index (χ0) is 16.2. The molecule has 2 N–H and O–H groups in total. The second-order valence-corrected chi connectivity index (χ2v) is 5.23. The van der Waals surface area contributed by atoms with E-state index in [-0.39, 0.29) is 18.1 Å². The molecule has 0 unspecified atom stereocenters. The molecule has 0 atom stereocenters. The lowest BCUT2D eigenvalue weighted by Gasteiger charge is -2.08. The Morgan fingerprint density at radius 2 is 1.87 bits per heavy atom. The van der Waals surface area contributed by atoms with Gasteiger partial charge in [0, 0.05) is 12.0 Å². The number of carbonyl (C=O) groups is 2. The van der Waals surface area contributed by atoms with Gasteiger partial charge in [-0.25, -0.2) is 4.39 Å². The monoisotopic (exact) mass is 314 g/mol. The highest BCUT2D eigenvalue weighted by Gasteiger charge is 2.15. The van der Waals surface area contributed by atoms with Gasteiger partial charge in [-0.05, 0) is 41.5 Å². The van der Waals surface area contributed by atoms with Crippen LogP contribution in [0.15, 0.2) is 42.5 Å². The predicted octanol–water partition coefficient (Wildman–Crippen LogP) is 1.76. The van der Waals surface area contributed by atoms with E-state index < -0.39 is 5.91 Å². The standard InChI is InChI=1S/C17H15FN2O3/c18-14-4-1-11(2-5-14)9-16(21)19-20-17(22)13-3-6-15-12(10-13)7-8-23-15/h1-6,10H,7-9H2,(H,19,21)(H,20,22). The van der Waals surface area contributed by atoms with Crippen LogP contribution in [0.4, 0.5) is 4.39 Å². The van der Waals surface area contributed by atoms with E-state index in [0.29, 0.717) is 17.7 Å². The number of rotatable bonds is 3. The lowest BCUT2D eigenvalue weighted by atomic mass is 10.1. The molecule has 2 amide bonds. The summed E-state index contributed by atoms with van der Waals surface area (Å²) in [6.45, 7) is 0.620. The Hall–Kier alpha value is -2.89.